The van der Waals surface area contributed by atoms with E-state index in [0.717, 1.165) is 6.20 Å². The predicted molar refractivity (Wildman–Crippen MR) is 132 cm³/mol. The maximum absolute atomic E-state index is 14.5. The lowest BCUT2D eigenvalue weighted by atomic mass is 10.0. The summed E-state index contributed by atoms with van der Waals surface area (Å²) in [6.07, 6.45) is -2.51. The minimum absolute atomic E-state index is 0.128. The second-order valence-corrected chi connectivity index (χ2v) is 8.35. The number of carbonyl (C=O) groups is 1. The van der Waals surface area contributed by atoms with Crippen molar-refractivity contribution in [2.24, 2.45) is 0 Å². The number of nitrogens with zero attached hydrogens (tertiary/aromatic N) is 4. The van der Waals surface area contributed by atoms with Crippen LogP contribution in [0.3, 0.4) is 0 Å². The lowest BCUT2D eigenvalue weighted by molar-refractivity contribution is -0.167. The summed E-state index contributed by atoms with van der Waals surface area (Å²) in [6.45, 7) is 0. The first-order valence-corrected chi connectivity index (χ1v) is 11.2. The number of carbonyl (C=O) groups excluding carboxylic acids is 1. The van der Waals surface area contributed by atoms with Crippen LogP contribution in [0.5, 0.6) is 0 Å². The maximum Gasteiger partial charge on any atom is 0.471 e. The summed E-state index contributed by atoms with van der Waals surface area (Å²) < 4.78 is 52.4. The van der Waals surface area contributed by atoms with Gasteiger partial charge in [-0.3, -0.25) is 14.9 Å². The third kappa shape index (κ3) is 4.11. The van der Waals surface area contributed by atoms with Crippen LogP contribution in [-0.4, -0.2) is 42.2 Å². The molecule has 3 N–H and O–H groups in total. The van der Waals surface area contributed by atoms with Gasteiger partial charge >= 0.3 is 12.1 Å². The molecule has 0 saturated carbocycles. The number of nitrogens with one attached hydrogen (secondary N) is 3. The van der Waals surface area contributed by atoms with Crippen LogP contribution < -0.4 is 5.32 Å². The number of rotatable bonds is 4. The van der Waals surface area contributed by atoms with Crippen LogP contribution in [0.25, 0.3) is 56.0 Å². The van der Waals surface area contributed by atoms with Crippen molar-refractivity contribution in [1.82, 2.24) is 30.1 Å². The van der Waals surface area contributed by atoms with Crippen molar-refractivity contribution in [3.8, 4) is 33.9 Å². The summed E-state index contributed by atoms with van der Waals surface area (Å²) in [6, 6.07) is 16.5. The van der Waals surface area contributed by atoms with Gasteiger partial charge in [-0.2, -0.15) is 18.3 Å². The predicted octanol–water partition coefficient (Wildman–Crippen LogP) is 5.87. The summed E-state index contributed by atoms with van der Waals surface area (Å²) in [7, 11) is 0. The molecule has 6 rings (SSSR count). The standard InChI is InChI=1S/C26H15F4N7O/c27-17-6-2-1-4-15(17)16-5-3-7-19-21(16)35-24(34-19)23-22-20(36-37-23)9-8-18(33-22)13-10-14(12-31-11-13)32-25(38)26(28,29)30/h1-12H,(H,32,38)(H,34,35)(H,36,37). The van der Waals surface area contributed by atoms with E-state index in [1.807, 2.05) is 6.07 Å². The molecule has 0 saturated heterocycles. The number of anilines is 1. The van der Waals surface area contributed by atoms with Crippen LogP contribution in [-0.2, 0) is 4.79 Å². The maximum atomic E-state index is 14.5. The first-order valence-electron chi connectivity index (χ1n) is 11.2. The van der Waals surface area contributed by atoms with Gasteiger partial charge in [-0.15, -0.1) is 0 Å². The van der Waals surface area contributed by atoms with E-state index in [4.69, 9.17) is 0 Å². The third-order valence-electron chi connectivity index (χ3n) is 5.86. The molecular weight excluding hydrogens is 502 g/mol. The van der Waals surface area contributed by atoms with E-state index in [1.165, 1.54) is 18.3 Å². The topological polar surface area (TPSA) is 112 Å². The van der Waals surface area contributed by atoms with E-state index in [2.05, 4.69) is 30.1 Å². The second kappa shape index (κ2) is 8.76. The number of imidazole rings is 1. The number of hydrogen-bond donors (Lipinski definition) is 3. The van der Waals surface area contributed by atoms with Gasteiger partial charge in [0.1, 0.15) is 11.3 Å². The zero-order valence-corrected chi connectivity index (χ0v) is 19.1. The van der Waals surface area contributed by atoms with E-state index in [-0.39, 0.29) is 11.5 Å². The molecule has 1 amide bonds. The quantitative estimate of drug-likeness (QED) is 0.253. The SMILES string of the molecule is O=C(Nc1cncc(-c2ccc3[nH]nc(-c4nc5c(-c6ccccc6F)cccc5[nH]4)c3n2)c1)C(F)(F)F. The van der Waals surface area contributed by atoms with Gasteiger partial charge in [0.05, 0.1) is 34.1 Å². The van der Waals surface area contributed by atoms with E-state index < -0.39 is 12.1 Å². The summed E-state index contributed by atoms with van der Waals surface area (Å²) in [5, 5.41) is 9.02. The summed E-state index contributed by atoms with van der Waals surface area (Å²) >= 11 is 0. The van der Waals surface area contributed by atoms with Crippen LogP contribution in [0.15, 0.2) is 73.1 Å². The Hall–Kier alpha value is -5.13. The number of para-hydroxylation sites is 1. The summed E-state index contributed by atoms with van der Waals surface area (Å²) in [5.41, 5.74) is 4.32. The van der Waals surface area contributed by atoms with Gasteiger partial charge in [0.2, 0.25) is 0 Å². The van der Waals surface area contributed by atoms with E-state index >= 15 is 0 Å². The van der Waals surface area contributed by atoms with Gasteiger partial charge in [0.25, 0.3) is 0 Å². The summed E-state index contributed by atoms with van der Waals surface area (Å²) in [4.78, 5) is 27.7. The number of aromatic nitrogens is 6. The van der Waals surface area contributed by atoms with Crippen molar-refractivity contribution in [2.75, 3.05) is 5.32 Å². The molecule has 0 aliphatic carbocycles. The van der Waals surface area contributed by atoms with Crippen LogP contribution >= 0.6 is 0 Å². The number of amides is 1. The summed E-state index contributed by atoms with van der Waals surface area (Å²) in [5.74, 6) is -2.08. The van der Waals surface area contributed by atoms with E-state index in [9.17, 15) is 22.4 Å². The molecule has 0 atom stereocenters. The van der Waals surface area contributed by atoms with Gasteiger partial charge < -0.3 is 10.3 Å². The van der Waals surface area contributed by atoms with Crippen LogP contribution in [0.4, 0.5) is 23.2 Å². The molecule has 0 aliphatic heterocycles. The van der Waals surface area contributed by atoms with Gasteiger partial charge in [0.15, 0.2) is 11.5 Å². The molecule has 38 heavy (non-hydrogen) atoms. The number of hydrogen-bond acceptors (Lipinski definition) is 5. The van der Waals surface area contributed by atoms with Gasteiger partial charge in [-0.1, -0.05) is 30.3 Å². The number of pyridine rings is 2. The molecular formula is C26H15F4N7O. The molecule has 0 spiro atoms. The van der Waals surface area contributed by atoms with Crippen molar-refractivity contribution >= 4 is 33.7 Å². The minimum atomic E-state index is -5.03. The Bertz CT molecular complexity index is 1840. The van der Waals surface area contributed by atoms with Crippen LogP contribution in [0.1, 0.15) is 0 Å². The fraction of sp³-hybridized carbons (Fsp3) is 0.0385. The molecule has 188 valence electrons. The minimum Gasteiger partial charge on any atom is -0.336 e. The zero-order chi connectivity index (χ0) is 26.4. The Balaban J connectivity index is 1.41. The molecule has 4 aromatic heterocycles. The Morgan fingerprint density at radius 3 is 2.50 bits per heavy atom. The first-order chi connectivity index (χ1) is 18.3. The van der Waals surface area contributed by atoms with Crippen molar-refractivity contribution in [2.45, 2.75) is 6.18 Å². The number of H-pyrrole nitrogens is 2. The number of aromatic amines is 2. The van der Waals surface area contributed by atoms with E-state index in [0.29, 0.717) is 56.0 Å². The lowest BCUT2D eigenvalue weighted by Gasteiger charge is -2.08. The molecule has 0 fully saturated rings. The molecule has 8 nitrogen and oxygen atoms in total. The van der Waals surface area contributed by atoms with Crippen molar-refractivity contribution in [3.05, 3.63) is 78.9 Å². The molecule has 6 aromatic rings. The normalized spacial score (nSPS) is 11.8. The van der Waals surface area contributed by atoms with Crippen molar-refractivity contribution < 1.29 is 22.4 Å². The highest BCUT2D eigenvalue weighted by molar-refractivity contribution is 5.97. The molecule has 0 bridgehead atoms. The monoisotopic (exact) mass is 517 g/mol. The smallest absolute Gasteiger partial charge is 0.336 e. The molecule has 0 unspecified atom stereocenters. The van der Waals surface area contributed by atoms with Gasteiger partial charge in [0, 0.05) is 22.9 Å². The lowest BCUT2D eigenvalue weighted by Crippen LogP contribution is -2.29. The van der Waals surface area contributed by atoms with Gasteiger partial charge in [-0.05, 0) is 30.3 Å². The molecule has 0 aliphatic rings. The second-order valence-electron chi connectivity index (χ2n) is 8.35. The Kier molecular flexibility index (Phi) is 5.37. The number of halogens is 4. The number of fused-ring (bicyclic) bond motifs is 2. The van der Waals surface area contributed by atoms with Gasteiger partial charge in [-0.25, -0.2) is 14.4 Å². The fourth-order valence-electron chi connectivity index (χ4n) is 4.12. The average molecular weight is 517 g/mol. The zero-order valence-electron chi connectivity index (χ0n) is 19.1. The molecule has 2 aromatic carbocycles. The Morgan fingerprint density at radius 2 is 1.68 bits per heavy atom. The van der Waals surface area contributed by atoms with Crippen LogP contribution in [0, 0.1) is 5.82 Å². The highest BCUT2D eigenvalue weighted by Gasteiger charge is 2.38. The highest BCUT2D eigenvalue weighted by atomic mass is 19.4. The Morgan fingerprint density at radius 1 is 0.868 bits per heavy atom. The molecule has 12 heteroatoms. The number of alkyl halides is 3. The largest absolute Gasteiger partial charge is 0.471 e. The molecule has 4 heterocycles. The average Bonchev–Trinajstić information content (AvgIpc) is 3.52. The molecule has 0 radical (unpaired) electrons. The van der Waals surface area contributed by atoms with Crippen LogP contribution in [0.2, 0.25) is 0 Å². The van der Waals surface area contributed by atoms with E-state index in [1.54, 1.807) is 47.8 Å². The van der Waals surface area contributed by atoms with Crippen molar-refractivity contribution in [3.63, 3.8) is 0 Å². The van der Waals surface area contributed by atoms with Crippen molar-refractivity contribution in [1.29, 1.82) is 0 Å². The highest BCUT2D eigenvalue weighted by Crippen LogP contribution is 2.33. The Labute approximate surface area is 210 Å². The number of benzene rings is 2. The third-order valence-corrected chi connectivity index (χ3v) is 5.86. The fourth-order valence-corrected chi connectivity index (χ4v) is 4.12. The first kappa shape index (κ1) is 23.3.